The van der Waals surface area contributed by atoms with Gasteiger partial charge in [-0.05, 0) is 50.6 Å². The summed E-state index contributed by atoms with van der Waals surface area (Å²) in [5.41, 5.74) is -0.621. The highest BCUT2D eigenvalue weighted by atomic mass is 35.5. The van der Waals surface area contributed by atoms with Crippen LogP contribution in [0.3, 0.4) is 0 Å². The summed E-state index contributed by atoms with van der Waals surface area (Å²) in [6, 6.07) is 7.72. The number of ether oxygens (including phenoxy) is 1. The number of benzene rings is 1. The van der Waals surface area contributed by atoms with E-state index in [9.17, 15) is 4.79 Å². The summed E-state index contributed by atoms with van der Waals surface area (Å²) in [5.74, 6) is 0.631. The first kappa shape index (κ1) is 17.3. The lowest BCUT2D eigenvalue weighted by atomic mass is 9.99. The number of hydrogen-bond acceptors (Lipinski definition) is 4. The van der Waals surface area contributed by atoms with Crippen molar-refractivity contribution in [1.29, 1.82) is 0 Å². The third-order valence-electron chi connectivity index (χ3n) is 3.09. The van der Waals surface area contributed by atoms with Gasteiger partial charge in [0.25, 0.3) is 0 Å². The van der Waals surface area contributed by atoms with Crippen LogP contribution in [0.4, 0.5) is 0 Å². The van der Waals surface area contributed by atoms with Crippen molar-refractivity contribution in [3.05, 3.63) is 29.3 Å². The van der Waals surface area contributed by atoms with Crippen LogP contribution >= 0.6 is 23.4 Å². The van der Waals surface area contributed by atoms with E-state index in [0.29, 0.717) is 6.42 Å². The fraction of sp³-hybridized carbons (Fsp3) is 0.533. The maximum atomic E-state index is 11.9. The minimum absolute atomic E-state index is 0.206. The molecule has 1 aromatic carbocycles. The van der Waals surface area contributed by atoms with Gasteiger partial charge in [0.05, 0.1) is 7.11 Å². The van der Waals surface area contributed by atoms with Crippen LogP contribution in [-0.2, 0) is 9.53 Å². The molecule has 0 bridgehead atoms. The molecule has 20 heavy (non-hydrogen) atoms. The molecule has 0 saturated carbocycles. The van der Waals surface area contributed by atoms with E-state index in [0.717, 1.165) is 28.6 Å². The van der Waals surface area contributed by atoms with Crippen molar-refractivity contribution in [2.45, 2.75) is 37.1 Å². The minimum atomic E-state index is -0.621. The van der Waals surface area contributed by atoms with Crippen molar-refractivity contribution < 1.29 is 9.53 Å². The number of thioether (sulfide) groups is 1. The topological polar surface area (TPSA) is 38.3 Å². The zero-order valence-electron chi connectivity index (χ0n) is 12.2. The average Bonchev–Trinajstić information content (AvgIpc) is 2.46. The Morgan fingerprint density at radius 3 is 2.60 bits per heavy atom. The van der Waals surface area contributed by atoms with E-state index in [4.69, 9.17) is 16.3 Å². The first-order valence-electron chi connectivity index (χ1n) is 6.73. The minimum Gasteiger partial charge on any atom is -0.468 e. The van der Waals surface area contributed by atoms with Gasteiger partial charge in [-0.1, -0.05) is 18.5 Å². The smallest absolute Gasteiger partial charge is 0.325 e. The third-order valence-corrected chi connectivity index (χ3v) is 4.35. The number of rotatable bonds is 8. The summed E-state index contributed by atoms with van der Waals surface area (Å²) in [4.78, 5) is 13.1. The average molecular weight is 316 g/mol. The molecule has 0 aliphatic rings. The number of carbonyl (C=O) groups is 1. The van der Waals surface area contributed by atoms with Crippen molar-refractivity contribution in [2.24, 2.45) is 0 Å². The fourth-order valence-corrected chi connectivity index (χ4v) is 2.99. The van der Waals surface area contributed by atoms with Gasteiger partial charge in [0.2, 0.25) is 0 Å². The molecule has 3 nitrogen and oxygen atoms in total. The van der Waals surface area contributed by atoms with Crippen LogP contribution in [0.25, 0.3) is 0 Å². The van der Waals surface area contributed by atoms with Gasteiger partial charge in [-0.3, -0.25) is 4.79 Å². The van der Waals surface area contributed by atoms with Gasteiger partial charge in [0, 0.05) is 15.7 Å². The predicted octanol–water partition coefficient (Wildman–Crippen LogP) is 3.75. The molecule has 0 aliphatic heterocycles. The number of esters is 1. The van der Waals surface area contributed by atoms with Crippen molar-refractivity contribution in [1.82, 2.24) is 5.32 Å². The molecule has 0 spiro atoms. The number of hydrogen-bond donors (Lipinski definition) is 1. The van der Waals surface area contributed by atoms with E-state index in [1.165, 1.54) is 7.11 Å². The van der Waals surface area contributed by atoms with E-state index >= 15 is 0 Å². The van der Waals surface area contributed by atoms with Crippen molar-refractivity contribution in [3.8, 4) is 0 Å². The lowest BCUT2D eigenvalue weighted by Crippen LogP contribution is -2.50. The van der Waals surface area contributed by atoms with Crippen LogP contribution in [0.1, 0.15) is 26.7 Å². The molecule has 1 unspecified atom stereocenters. The van der Waals surface area contributed by atoms with Crippen LogP contribution in [0, 0.1) is 0 Å². The highest BCUT2D eigenvalue weighted by Gasteiger charge is 2.32. The maximum absolute atomic E-state index is 11.9. The molecular formula is C15H22ClNO2S. The van der Waals surface area contributed by atoms with Crippen LogP contribution in [0.15, 0.2) is 29.2 Å². The van der Waals surface area contributed by atoms with Crippen LogP contribution in [-0.4, -0.2) is 30.9 Å². The highest BCUT2D eigenvalue weighted by Crippen LogP contribution is 2.24. The van der Waals surface area contributed by atoms with E-state index in [1.54, 1.807) is 11.8 Å². The van der Waals surface area contributed by atoms with Gasteiger partial charge < -0.3 is 10.1 Å². The van der Waals surface area contributed by atoms with Gasteiger partial charge in [-0.2, -0.15) is 0 Å². The molecule has 1 N–H and O–H groups in total. The molecule has 0 amide bonds. The quantitative estimate of drug-likeness (QED) is 0.585. The number of carbonyl (C=O) groups excluding carboxylic acids is 1. The summed E-state index contributed by atoms with van der Waals surface area (Å²) in [7, 11) is 1.43. The molecule has 0 heterocycles. The standard InChI is InChI=1S/C15H22ClNO2S/c1-4-10-17-15(2,14(18)19-3)9-11-20-13-7-5-12(16)6-8-13/h5-8,17H,4,9-11H2,1-3H3. The Labute approximate surface area is 130 Å². The lowest BCUT2D eigenvalue weighted by Gasteiger charge is -2.27. The van der Waals surface area contributed by atoms with E-state index in [1.807, 2.05) is 31.2 Å². The van der Waals surface area contributed by atoms with Crippen molar-refractivity contribution in [3.63, 3.8) is 0 Å². The molecule has 1 aromatic rings. The summed E-state index contributed by atoms with van der Waals surface area (Å²) >= 11 is 7.57. The Balaban J connectivity index is 2.53. The number of nitrogens with one attached hydrogen (secondary N) is 1. The molecule has 0 aliphatic carbocycles. The Morgan fingerprint density at radius 1 is 1.40 bits per heavy atom. The van der Waals surface area contributed by atoms with E-state index < -0.39 is 5.54 Å². The number of methoxy groups -OCH3 is 1. The lowest BCUT2D eigenvalue weighted by molar-refractivity contribution is -0.148. The van der Waals surface area contributed by atoms with E-state index in [2.05, 4.69) is 12.2 Å². The molecular weight excluding hydrogens is 294 g/mol. The Hall–Kier alpha value is -0.710. The van der Waals surface area contributed by atoms with Gasteiger partial charge in [-0.25, -0.2) is 0 Å². The highest BCUT2D eigenvalue weighted by molar-refractivity contribution is 7.99. The largest absolute Gasteiger partial charge is 0.468 e. The second kappa shape index (κ2) is 8.55. The monoisotopic (exact) mass is 315 g/mol. The Bertz CT molecular complexity index is 424. The SMILES string of the molecule is CCCNC(C)(CCSc1ccc(Cl)cc1)C(=O)OC. The van der Waals surface area contributed by atoms with Crippen LogP contribution < -0.4 is 5.32 Å². The summed E-state index contributed by atoms with van der Waals surface area (Å²) in [6.45, 7) is 4.78. The normalized spacial score (nSPS) is 13.8. The summed E-state index contributed by atoms with van der Waals surface area (Å²) < 4.78 is 4.90. The van der Waals surface area contributed by atoms with Gasteiger partial charge in [-0.15, -0.1) is 11.8 Å². The second-order valence-corrected chi connectivity index (χ2v) is 6.41. The summed E-state index contributed by atoms with van der Waals surface area (Å²) in [5, 5.41) is 4.02. The first-order valence-corrected chi connectivity index (χ1v) is 8.10. The maximum Gasteiger partial charge on any atom is 0.325 e. The zero-order chi connectivity index (χ0) is 15.0. The summed E-state index contributed by atoms with van der Waals surface area (Å²) in [6.07, 6.45) is 1.70. The molecule has 0 aromatic heterocycles. The predicted molar refractivity (Wildman–Crippen MR) is 85.5 cm³/mol. The molecule has 0 fully saturated rings. The van der Waals surface area contributed by atoms with Crippen molar-refractivity contribution >= 4 is 29.3 Å². The fourth-order valence-electron chi connectivity index (χ4n) is 1.79. The van der Waals surface area contributed by atoms with Gasteiger partial charge in [0.1, 0.15) is 5.54 Å². The second-order valence-electron chi connectivity index (χ2n) is 4.80. The third kappa shape index (κ3) is 5.35. The molecule has 1 rings (SSSR count). The van der Waals surface area contributed by atoms with Gasteiger partial charge in [0.15, 0.2) is 0 Å². The number of halogens is 1. The van der Waals surface area contributed by atoms with Crippen molar-refractivity contribution in [2.75, 3.05) is 19.4 Å². The first-order chi connectivity index (χ1) is 9.51. The Morgan fingerprint density at radius 2 is 2.05 bits per heavy atom. The van der Waals surface area contributed by atoms with Crippen LogP contribution in [0.5, 0.6) is 0 Å². The van der Waals surface area contributed by atoms with E-state index in [-0.39, 0.29) is 5.97 Å². The molecule has 5 heteroatoms. The molecule has 0 radical (unpaired) electrons. The Kier molecular flexibility index (Phi) is 7.41. The molecule has 112 valence electrons. The molecule has 1 atom stereocenters. The van der Waals surface area contributed by atoms with Crippen LogP contribution in [0.2, 0.25) is 5.02 Å². The van der Waals surface area contributed by atoms with Gasteiger partial charge >= 0.3 is 5.97 Å². The molecule has 0 saturated heterocycles. The zero-order valence-corrected chi connectivity index (χ0v) is 13.8.